The van der Waals surface area contributed by atoms with E-state index in [1.807, 2.05) is 30.8 Å². The van der Waals surface area contributed by atoms with Crippen LogP contribution in [0.4, 0.5) is 5.69 Å². The zero-order valence-corrected chi connectivity index (χ0v) is 11.6. The molecule has 0 amide bonds. The van der Waals surface area contributed by atoms with Gasteiger partial charge in [0.1, 0.15) is 5.82 Å². The Bertz CT molecular complexity index is 594. The number of non-ortho nitro benzene ring substituents is 1. The summed E-state index contributed by atoms with van der Waals surface area (Å²) in [6.07, 6.45) is 4.52. The molecule has 1 aromatic carbocycles. The molecular formula is C14H18N4O2. The van der Waals surface area contributed by atoms with Crippen molar-refractivity contribution in [2.75, 3.05) is 6.54 Å². The highest BCUT2D eigenvalue weighted by molar-refractivity contribution is 5.35. The predicted octanol–water partition coefficient (Wildman–Crippen LogP) is 2.22. The molecule has 1 heterocycles. The Labute approximate surface area is 117 Å². The van der Waals surface area contributed by atoms with Gasteiger partial charge in [0.2, 0.25) is 0 Å². The van der Waals surface area contributed by atoms with Gasteiger partial charge in [-0.3, -0.25) is 10.1 Å². The highest BCUT2D eigenvalue weighted by Crippen LogP contribution is 2.18. The Morgan fingerprint density at radius 3 is 2.95 bits per heavy atom. The smallest absolute Gasteiger partial charge is 0.269 e. The Morgan fingerprint density at radius 2 is 2.30 bits per heavy atom. The van der Waals surface area contributed by atoms with Crippen LogP contribution < -0.4 is 5.32 Å². The zero-order chi connectivity index (χ0) is 14.5. The predicted molar refractivity (Wildman–Crippen MR) is 76.4 cm³/mol. The molecule has 6 heteroatoms. The second-order valence-corrected chi connectivity index (χ2v) is 4.73. The summed E-state index contributed by atoms with van der Waals surface area (Å²) in [4.78, 5) is 14.6. The minimum Gasteiger partial charge on any atom is -0.338 e. The van der Waals surface area contributed by atoms with E-state index < -0.39 is 0 Å². The minimum atomic E-state index is -0.371. The topological polar surface area (TPSA) is 73.0 Å². The molecule has 0 saturated heterocycles. The third kappa shape index (κ3) is 3.42. The van der Waals surface area contributed by atoms with Crippen LogP contribution in [0.15, 0.2) is 36.7 Å². The molecule has 0 aliphatic rings. The number of imidazole rings is 1. The molecule has 2 rings (SSSR count). The second kappa shape index (κ2) is 6.29. The van der Waals surface area contributed by atoms with E-state index in [0.717, 1.165) is 24.4 Å². The normalized spacial score (nSPS) is 12.3. The van der Waals surface area contributed by atoms with Crippen molar-refractivity contribution in [2.24, 2.45) is 7.05 Å². The third-order valence-corrected chi connectivity index (χ3v) is 3.30. The molecule has 20 heavy (non-hydrogen) atoms. The number of nitro benzene ring substituents is 1. The summed E-state index contributed by atoms with van der Waals surface area (Å²) in [7, 11) is 1.96. The fourth-order valence-corrected chi connectivity index (χ4v) is 2.06. The molecule has 0 fully saturated rings. The summed E-state index contributed by atoms with van der Waals surface area (Å²) in [6.45, 7) is 2.77. The van der Waals surface area contributed by atoms with Crippen LogP contribution in [0.25, 0.3) is 0 Å². The van der Waals surface area contributed by atoms with Gasteiger partial charge in [0, 0.05) is 50.6 Å². The fourth-order valence-electron chi connectivity index (χ4n) is 2.06. The van der Waals surface area contributed by atoms with Gasteiger partial charge in [-0.05, 0) is 12.5 Å². The largest absolute Gasteiger partial charge is 0.338 e. The molecule has 0 saturated carbocycles. The van der Waals surface area contributed by atoms with Crippen LogP contribution in [0.3, 0.4) is 0 Å². The highest BCUT2D eigenvalue weighted by Gasteiger charge is 2.10. The van der Waals surface area contributed by atoms with Crippen molar-refractivity contribution in [3.63, 3.8) is 0 Å². The van der Waals surface area contributed by atoms with E-state index in [2.05, 4.69) is 10.3 Å². The van der Waals surface area contributed by atoms with Crippen LogP contribution in [0, 0.1) is 10.1 Å². The number of hydrogen-bond donors (Lipinski definition) is 1. The van der Waals surface area contributed by atoms with Crippen LogP contribution in [-0.2, 0) is 13.5 Å². The molecule has 6 nitrogen and oxygen atoms in total. The summed E-state index contributed by atoms with van der Waals surface area (Å²) in [5.41, 5.74) is 1.04. The lowest BCUT2D eigenvalue weighted by Gasteiger charge is -2.14. The summed E-state index contributed by atoms with van der Waals surface area (Å²) in [5, 5.41) is 14.1. The molecule has 0 aliphatic carbocycles. The van der Waals surface area contributed by atoms with E-state index in [0.29, 0.717) is 0 Å². The Balaban J connectivity index is 1.91. The van der Waals surface area contributed by atoms with Crippen LogP contribution in [0.5, 0.6) is 0 Å². The first kappa shape index (κ1) is 14.2. The first-order chi connectivity index (χ1) is 9.58. The van der Waals surface area contributed by atoms with Crippen molar-refractivity contribution in [1.29, 1.82) is 0 Å². The molecule has 1 N–H and O–H groups in total. The van der Waals surface area contributed by atoms with Gasteiger partial charge in [0.15, 0.2) is 0 Å². The summed E-state index contributed by atoms with van der Waals surface area (Å²) in [5.74, 6) is 1.02. The minimum absolute atomic E-state index is 0.0650. The van der Waals surface area contributed by atoms with Crippen molar-refractivity contribution in [3.8, 4) is 0 Å². The van der Waals surface area contributed by atoms with Crippen molar-refractivity contribution in [1.82, 2.24) is 14.9 Å². The number of aromatic nitrogens is 2. The molecule has 0 bridgehead atoms. The van der Waals surface area contributed by atoms with E-state index in [1.165, 1.54) is 6.07 Å². The lowest BCUT2D eigenvalue weighted by Crippen LogP contribution is -2.22. The maximum absolute atomic E-state index is 10.8. The van der Waals surface area contributed by atoms with Gasteiger partial charge in [-0.15, -0.1) is 0 Å². The van der Waals surface area contributed by atoms with Gasteiger partial charge in [-0.1, -0.05) is 12.1 Å². The second-order valence-electron chi connectivity index (χ2n) is 4.73. The van der Waals surface area contributed by atoms with Crippen molar-refractivity contribution >= 4 is 5.69 Å². The molecule has 106 valence electrons. The quantitative estimate of drug-likeness (QED) is 0.647. The summed E-state index contributed by atoms with van der Waals surface area (Å²) < 4.78 is 1.99. The Hall–Kier alpha value is -2.21. The molecule has 0 aliphatic heterocycles. The molecule has 0 radical (unpaired) electrons. The van der Waals surface area contributed by atoms with Crippen LogP contribution in [0.1, 0.15) is 24.4 Å². The summed E-state index contributed by atoms with van der Waals surface area (Å²) in [6, 6.07) is 6.79. The molecule has 1 atom stereocenters. The number of aryl methyl sites for hydroxylation is 1. The van der Waals surface area contributed by atoms with Gasteiger partial charge >= 0.3 is 0 Å². The van der Waals surface area contributed by atoms with E-state index in [-0.39, 0.29) is 16.7 Å². The maximum Gasteiger partial charge on any atom is 0.269 e. The maximum atomic E-state index is 10.8. The van der Waals surface area contributed by atoms with Crippen molar-refractivity contribution < 1.29 is 4.92 Å². The lowest BCUT2D eigenvalue weighted by molar-refractivity contribution is -0.384. The van der Waals surface area contributed by atoms with Crippen LogP contribution >= 0.6 is 0 Å². The van der Waals surface area contributed by atoms with E-state index in [9.17, 15) is 10.1 Å². The first-order valence-electron chi connectivity index (χ1n) is 6.52. The Kier molecular flexibility index (Phi) is 4.47. The van der Waals surface area contributed by atoms with Crippen LogP contribution in [0.2, 0.25) is 0 Å². The van der Waals surface area contributed by atoms with E-state index in [1.54, 1.807) is 18.3 Å². The number of hydrogen-bond acceptors (Lipinski definition) is 4. The average molecular weight is 274 g/mol. The SMILES string of the molecule is CC(NCCc1nccn1C)c1cccc([N+](=O)[O-])c1. The van der Waals surface area contributed by atoms with Gasteiger partial charge < -0.3 is 9.88 Å². The van der Waals surface area contributed by atoms with Crippen LogP contribution in [-0.4, -0.2) is 21.0 Å². The molecular weight excluding hydrogens is 256 g/mol. The van der Waals surface area contributed by atoms with Gasteiger partial charge in [0.25, 0.3) is 5.69 Å². The third-order valence-electron chi connectivity index (χ3n) is 3.30. The van der Waals surface area contributed by atoms with E-state index >= 15 is 0 Å². The molecule has 2 aromatic rings. The zero-order valence-electron chi connectivity index (χ0n) is 11.6. The standard InChI is InChI=1S/C14H18N4O2/c1-11(12-4-3-5-13(10-12)18(19)20)15-7-6-14-16-8-9-17(14)2/h3-5,8-11,15H,6-7H2,1-2H3. The molecule has 1 aromatic heterocycles. The summed E-state index contributed by atoms with van der Waals surface area (Å²) >= 11 is 0. The van der Waals surface area contributed by atoms with E-state index in [4.69, 9.17) is 0 Å². The molecule has 1 unspecified atom stereocenters. The highest BCUT2D eigenvalue weighted by atomic mass is 16.6. The monoisotopic (exact) mass is 274 g/mol. The number of nitro groups is 1. The average Bonchev–Trinajstić information content (AvgIpc) is 2.84. The first-order valence-corrected chi connectivity index (χ1v) is 6.52. The van der Waals surface area contributed by atoms with Gasteiger partial charge in [-0.25, -0.2) is 4.98 Å². The molecule has 0 spiro atoms. The number of nitrogens with one attached hydrogen (secondary N) is 1. The fraction of sp³-hybridized carbons (Fsp3) is 0.357. The number of benzene rings is 1. The number of rotatable bonds is 6. The van der Waals surface area contributed by atoms with Gasteiger partial charge in [0.05, 0.1) is 4.92 Å². The van der Waals surface area contributed by atoms with Crippen molar-refractivity contribution in [3.05, 3.63) is 58.2 Å². The van der Waals surface area contributed by atoms with Gasteiger partial charge in [-0.2, -0.15) is 0 Å². The van der Waals surface area contributed by atoms with Crippen molar-refractivity contribution in [2.45, 2.75) is 19.4 Å². The number of nitrogens with zero attached hydrogens (tertiary/aromatic N) is 3. The lowest BCUT2D eigenvalue weighted by atomic mass is 10.1. The Morgan fingerprint density at radius 1 is 1.50 bits per heavy atom.